The molecule has 0 radical (unpaired) electrons. The lowest BCUT2D eigenvalue weighted by Gasteiger charge is -2.17. The van der Waals surface area contributed by atoms with Crippen LogP contribution in [-0.2, 0) is 16.1 Å². The molecular weight excluding hydrogens is 314 g/mol. The predicted octanol–water partition coefficient (Wildman–Crippen LogP) is 2.41. The molecule has 0 fully saturated rings. The average Bonchev–Trinajstić information content (AvgIpc) is 2.93. The lowest BCUT2D eigenvalue weighted by atomic mass is 10.1. The molecule has 1 amide bonds. The van der Waals surface area contributed by atoms with Gasteiger partial charge in [0.05, 0.1) is 6.54 Å². The Bertz CT molecular complexity index is 742. The van der Waals surface area contributed by atoms with Crippen LogP contribution in [0.1, 0.15) is 11.1 Å². The topological polar surface area (TPSA) is 45.7 Å². The van der Waals surface area contributed by atoms with E-state index >= 15 is 0 Å². The van der Waals surface area contributed by atoms with Gasteiger partial charge in [-0.25, -0.2) is 0 Å². The quantitative estimate of drug-likeness (QED) is 0.778. The van der Waals surface area contributed by atoms with Gasteiger partial charge < -0.3 is 14.5 Å². The van der Waals surface area contributed by atoms with Crippen LogP contribution in [0.2, 0.25) is 0 Å². The molecule has 3 rings (SSSR count). The van der Waals surface area contributed by atoms with E-state index < -0.39 is 0 Å². The van der Waals surface area contributed by atoms with Gasteiger partial charge in [-0.05, 0) is 31.3 Å². The zero-order valence-electron chi connectivity index (χ0n) is 14.7. The fourth-order valence-electron chi connectivity index (χ4n) is 2.79. The summed E-state index contributed by atoms with van der Waals surface area (Å²) < 4.78 is 5.89. The maximum absolute atomic E-state index is 12.9. The van der Waals surface area contributed by atoms with E-state index in [2.05, 4.69) is 4.98 Å². The summed E-state index contributed by atoms with van der Waals surface area (Å²) in [6.07, 6.45) is 3.53. The minimum Gasteiger partial charge on any atom is -0.486 e. The first-order valence-electron chi connectivity index (χ1n) is 8.39. The molecule has 0 saturated carbocycles. The summed E-state index contributed by atoms with van der Waals surface area (Å²) >= 11 is 0. The monoisotopic (exact) mass is 337 g/mol. The molecule has 0 unspecified atom stereocenters. The molecule has 5 heteroatoms. The van der Waals surface area contributed by atoms with Crippen molar-refractivity contribution in [3.05, 3.63) is 71.7 Å². The molecule has 1 aromatic heterocycles. The Morgan fingerprint density at radius 1 is 1.16 bits per heavy atom. The van der Waals surface area contributed by atoms with Crippen molar-refractivity contribution in [3.63, 3.8) is 0 Å². The first kappa shape index (κ1) is 17.2. The van der Waals surface area contributed by atoms with Gasteiger partial charge in [-0.3, -0.25) is 9.78 Å². The third-order valence-electron chi connectivity index (χ3n) is 4.11. The maximum atomic E-state index is 12.9. The number of carbonyl (C=O) groups is 1. The number of ether oxygens (including phenoxy) is 1. The Labute approximate surface area is 148 Å². The van der Waals surface area contributed by atoms with Crippen molar-refractivity contribution in [1.29, 1.82) is 0 Å². The van der Waals surface area contributed by atoms with Crippen molar-refractivity contribution in [2.75, 3.05) is 33.8 Å². The van der Waals surface area contributed by atoms with Crippen LogP contribution in [-0.4, -0.2) is 54.5 Å². The van der Waals surface area contributed by atoms with Crippen molar-refractivity contribution in [2.24, 2.45) is 0 Å². The summed E-state index contributed by atoms with van der Waals surface area (Å²) in [5, 5.41) is 0. The first-order chi connectivity index (χ1) is 12.1. The van der Waals surface area contributed by atoms with Gasteiger partial charge in [0.25, 0.3) is 5.91 Å². The highest BCUT2D eigenvalue weighted by Gasteiger charge is 2.32. The van der Waals surface area contributed by atoms with Crippen molar-refractivity contribution >= 4 is 11.5 Å². The van der Waals surface area contributed by atoms with Crippen LogP contribution in [0.5, 0.6) is 0 Å². The molecule has 0 aliphatic carbocycles. The zero-order chi connectivity index (χ0) is 17.6. The minimum atomic E-state index is -0.0542. The summed E-state index contributed by atoms with van der Waals surface area (Å²) in [6.45, 7) is 2.34. The summed E-state index contributed by atoms with van der Waals surface area (Å²) in [6, 6.07) is 13.8. The van der Waals surface area contributed by atoms with Gasteiger partial charge in [-0.1, -0.05) is 36.4 Å². The second kappa shape index (κ2) is 7.94. The van der Waals surface area contributed by atoms with Crippen molar-refractivity contribution < 1.29 is 9.53 Å². The van der Waals surface area contributed by atoms with Gasteiger partial charge in [-0.2, -0.15) is 0 Å². The fraction of sp³-hybridized carbons (Fsp3) is 0.300. The fourth-order valence-corrected chi connectivity index (χ4v) is 2.79. The van der Waals surface area contributed by atoms with Crippen molar-refractivity contribution in [1.82, 2.24) is 14.8 Å². The van der Waals surface area contributed by atoms with E-state index in [1.54, 1.807) is 12.4 Å². The number of rotatable bonds is 7. The number of likely N-dealkylation sites (N-methyl/N-ethyl adjacent to an activating group) is 1. The molecule has 0 bridgehead atoms. The van der Waals surface area contributed by atoms with E-state index in [4.69, 9.17) is 4.74 Å². The first-order valence-corrected chi connectivity index (χ1v) is 8.39. The van der Waals surface area contributed by atoms with Crippen LogP contribution in [0.3, 0.4) is 0 Å². The van der Waals surface area contributed by atoms with Crippen LogP contribution in [0.4, 0.5) is 0 Å². The van der Waals surface area contributed by atoms with Gasteiger partial charge in [-0.15, -0.1) is 0 Å². The van der Waals surface area contributed by atoms with Gasteiger partial charge in [0.15, 0.2) is 5.76 Å². The van der Waals surface area contributed by atoms with E-state index in [0.29, 0.717) is 25.5 Å². The second-order valence-electron chi connectivity index (χ2n) is 6.35. The molecule has 2 aromatic rings. The molecule has 1 aliphatic heterocycles. The smallest absolute Gasteiger partial charge is 0.289 e. The van der Waals surface area contributed by atoms with E-state index in [-0.39, 0.29) is 5.91 Å². The Balaban J connectivity index is 1.81. The number of aromatic nitrogens is 1. The molecule has 2 heterocycles. The number of benzene rings is 1. The average molecular weight is 337 g/mol. The lowest BCUT2D eigenvalue weighted by molar-refractivity contribution is -0.129. The molecule has 0 saturated heterocycles. The van der Waals surface area contributed by atoms with Gasteiger partial charge >= 0.3 is 0 Å². The predicted molar refractivity (Wildman–Crippen MR) is 97.5 cm³/mol. The number of hydrogen-bond acceptors (Lipinski definition) is 4. The molecule has 0 N–H and O–H groups in total. The lowest BCUT2D eigenvalue weighted by Crippen LogP contribution is -2.28. The largest absolute Gasteiger partial charge is 0.486 e. The summed E-state index contributed by atoms with van der Waals surface area (Å²) in [5.74, 6) is 0.415. The third kappa shape index (κ3) is 4.25. The SMILES string of the molecule is CN(C)CCOC1=C(c2ccccc2)CN(Cc2cccnc2)C1=O. The Morgan fingerprint density at radius 3 is 2.64 bits per heavy atom. The molecule has 25 heavy (non-hydrogen) atoms. The summed E-state index contributed by atoms with van der Waals surface area (Å²) in [4.78, 5) is 20.9. The van der Waals surface area contributed by atoms with Crippen LogP contribution in [0.15, 0.2) is 60.6 Å². The number of amides is 1. The number of carbonyl (C=O) groups excluding carboxylic acids is 1. The molecule has 5 nitrogen and oxygen atoms in total. The molecular formula is C20H23N3O2. The van der Waals surface area contributed by atoms with E-state index in [1.165, 1.54) is 0 Å². The van der Waals surface area contributed by atoms with Crippen molar-refractivity contribution in [3.8, 4) is 0 Å². The van der Waals surface area contributed by atoms with E-state index in [0.717, 1.165) is 23.2 Å². The van der Waals surface area contributed by atoms with Crippen LogP contribution in [0, 0.1) is 0 Å². The molecule has 1 aromatic carbocycles. The number of nitrogens with zero attached hydrogens (tertiary/aromatic N) is 3. The number of hydrogen-bond donors (Lipinski definition) is 0. The Kier molecular flexibility index (Phi) is 5.46. The second-order valence-corrected chi connectivity index (χ2v) is 6.35. The van der Waals surface area contributed by atoms with E-state index in [9.17, 15) is 4.79 Å². The van der Waals surface area contributed by atoms with Crippen LogP contribution >= 0.6 is 0 Å². The molecule has 0 atom stereocenters. The van der Waals surface area contributed by atoms with Crippen molar-refractivity contribution in [2.45, 2.75) is 6.54 Å². The highest BCUT2D eigenvalue weighted by atomic mass is 16.5. The van der Waals surface area contributed by atoms with Crippen LogP contribution < -0.4 is 0 Å². The standard InChI is InChI=1S/C20H23N3O2/c1-22(2)11-12-25-19-18(17-8-4-3-5-9-17)15-23(20(19)24)14-16-7-6-10-21-13-16/h3-10,13H,11-12,14-15H2,1-2H3. The Morgan fingerprint density at radius 2 is 1.96 bits per heavy atom. The molecule has 1 aliphatic rings. The normalized spacial score (nSPS) is 14.5. The molecule has 0 spiro atoms. The van der Waals surface area contributed by atoms with Crippen LogP contribution in [0.25, 0.3) is 5.57 Å². The van der Waals surface area contributed by atoms with Gasteiger partial charge in [0.2, 0.25) is 0 Å². The minimum absolute atomic E-state index is 0.0542. The van der Waals surface area contributed by atoms with Gasteiger partial charge in [0, 0.05) is 31.1 Å². The molecule has 130 valence electrons. The summed E-state index contributed by atoms with van der Waals surface area (Å²) in [5.41, 5.74) is 3.00. The van der Waals surface area contributed by atoms with Gasteiger partial charge in [0.1, 0.15) is 6.61 Å². The third-order valence-corrected chi connectivity index (χ3v) is 4.11. The highest BCUT2D eigenvalue weighted by Crippen LogP contribution is 2.29. The Hall–Kier alpha value is -2.66. The number of pyridine rings is 1. The highest BCUT2D eigenvalue weighted by molar-refractivity contribution is 6.04. The zero-order valence-corrected chi connectivity index (χ0v) is 14.7. The summed E-state index contributed by atoms with van der Waals surface area (Å²) in [7, 11) is 3.97. The maximum Gasteiger partial charge on any atom is 0.289 e. The van der Waals surface area contributed by atoms with E-state index in [1.807, 2.05) is 66.4 Å².